The molecule has 1 aromatic rings. The number of anilines is 1. The number of aliphatic hydroxyl groups is 4. The maximum absolute atomic E-state index is 9.39. The normalized spacial score (nSPS) is 16.7. The summed E-state index contributed by atoms with van der Waals surface area (Å²) in [5, 5.41) is 40.0. The van der Waals surface area contributed by atoms with Crippen molar-refractivity contribution in [2.45, 2.75) is 18.3 Å². The number of hydrogen-bond acceptors (Lipinski definition) is 6. The van der Waals surface area contributed by atoms with Crippen LogP contribution in [-0.4, -0.2) is 51.6 Å². The zero-order valence-corrected chi connectivity index (χ0v) is 9.14. The second-order valence-electron chi connectivity index (χ2n) is 3.49. The van der Waals surface area contributed by atoms with Crippen LogP contribution in [0.3, 0.4) is 0 Å². The van der Waals surface area contributed by atoms with Crippen molar-refractivity contribution in [1.82, 2.24) is 0 Å². The summed E-state index contributed by atoms with van der Waals surface area (Å²) in [7, 11) is 0. The first-order valence-corrected chi connectivity index (χ1v) is 5.14. The Morgan fingerprint density at radius 1 is 1.18 bits per heavy atom. The van der Waals surface area contributed by atoms with Gasteiger partial charge >= 0.3 is 0 Å². The number of para-hydroxylation sites is 1. The molecular weight excluding hydrogens is 224 g/mol. The maximum atomic E-state index is 9.39. The van der Waals surface area contributed by atoms with Gasteiger partial charge in [-0.05, 0) is 12.1 Å². The average molecular weight is 240 g/mol. The molecule has 0 bridgehead atoms. The van der Waals surface area contributed by atoms with Gasteiger partial charge in [-0.2, -0.15) is 5.10 Å². The molecule has 3 atom stereocenters. The molecule has 0 heterocycles. The molecule has 94 valence electrons. The molecule has 0 saturated carbocycles. The van der Waals surface area contributed by atoms with E-state index in [1.165, 1.54) is 0 Å². The molecule has 0 radical (unpaired) electrons. The molecule has 0 aliphatic carbocycles. The van der Waals surface area contributed by atoms with Gasteiger partial charge in [-0.3, -0.25) is 5.43 Å². The van der Waals surface area contributed by atoms with Crippen molar-refractivity contribution in [2.24, 2.45) is 5.10 Å². The Kier molecular flexibility index (Phi) is 5.58. The molecule has 0 spiro atoms. The van der Waals surface area contributed by atoms with Crippen LogP contribution in [0.1, 0.15) is 0 Å². The van der Waals surface area contributed by atoms with Gasteiger partial charge in [0.25, 0.3) is 0 Å². The summed E-state index contributed by atoms with van der Waals surface area (Å²) in [6, 6.07) is 9.05. The van der Waals surface area contributed by atoms with Gasteiger partial charge in [0.2, 0.25) is 0 Å². The van der Waals surface area contributed by atoms with E-state index in [0.717, 1.165) is 11.9 Å². The van der Waals surface area contributed by atoms with E-state index >= 15 is 0 Å². The molecule has 0 aliphatic rings. The molecule has 5 N–H and O–H groups in total. The molecule has 17 heavy (non-hydrogen) atoms. The lowest BCUT2D eigenvalue weighted by Gasteiger charge is -2.18. The van der Waals surface area contributed by atoms with Gasteiger partial charge in [0.15, 0.2) is 0 Å². The predicted molar refractivity (Wildman–Crippen MR) is 63.7 cm³/mol. The average Bonchev–Trinajstić information content (AvgIpc) is 2.38. The van der Waals surface area contributed by atoms with Crippen LogP contribution in [0.4, 0.5) is 5.69 Å². The first-order chi connectivity index (χ1) is 8.15. The largest absolute Gasteiger partial charge is 0.394 e. The minimum Gasteiger partial charge on any atom is -0.394 e. The highest BCUT2D eigenvalue weighted by atomic mass is 16.4. The number of hydrazone groups is 1. The molecule has 1 aromatic carbocycles. The third-order valence-electron chi connectivity index (χ3n) is 2.13. The van der Waals surface area contributed by atoms with E-state index in [1.54, 1.807) is 12.1 Å². The van der Waals surface area contributed by atoms with Crippen LogP contribution >= 0.6 is 0 Å². The lowest BCUT2D eigenvalue weighted by molar-refractivity contribution is -0.0541. The monoisotopic (exact) mass is 240 g/mol. The van der Waals surface area contributed by atoms with Gasteiger partial charge in [-0.15, -0.1) is 0 Å². The SMILES string of the molecule is OCC(O)C(O)C(O)/C=N\Nc1ccccc1. The first-order valence-electron chi connectivity index (χ1n) is 5.14. The second kappa shape index (κ2) is 6.97. The minimum atomic E-state index is -1.47. The minimum absolute atomic E-state index is 0.627. The van der Waals surface area contributed by atoms with Crippen LogP contribution < -0.4 is 5.43 Å². The fourth-order valence-corrected chi connectivity index (χ4v) is 1.12. The first kappa shape index (κ1) is 13.6. The summed E-state index contributed by atoms with van der Waals surface area (Å²) in [5.41, 5.74) is 3.37. The number of nitrogens with zero attached hydrogens (tertiary/aromatic N) is 1. The highest BCUT2D eigenvalue weighted by Gasteiger charge is 2.22. The number of aliphatic hydroxyl groups excluding tert-OH is 4. The lowest BCUT2D eigenvalue weighted by atomic mass is 10.1. The quantitative estimate of drug-likeness (QED) is 0.329. The Morgan fingerprint density at radius 2 is 1.82 bits per heavy atom. The van der Waals surface area contributed by atoms with Crippen LogP contribution in [0, 0.1) is 0 Å². The Labute approximate surface area is 98.8 Å². The van der Waals surface area contributed by atoms with E-state index in [2.05, 4.69) is 10.5 Å². The standard InChI is InChI=1S/C11H16N2O4/c14-7-10(16)11(17)9(15)6-12-13-8-4-2-1-3-5-8/h1-6,9-11,13-17H,7H2/b12-6-. The summed E-state index contributed by atoms with van der Waals surface area (Å²) in [6.07, 6.45) is -3.17. The van der Waals surface area contributed by atoms with Crippen molar-refractivity contribution >= 4 is 11.9 Å². The topological polar surface area (TPSA) is 105 Å². The molecule has 0 saturated heterocycles. The third-order valence-corrected chi connectivity index (χ3v) is 2.13. The van der Waals surface area contributed by atoms with Gasteiger partial charge < -0.3 is 20.4 Å². The Hall–Kier alpha value is -1.47. The summed E-state index contributed by atoms with van der Waals surface area (Å²) < 4.78 is 0. The second-order valence-corrected chi connectivity index (χ2v) is 3.49. The smallest absolute Gasteiger partial charge is 0.119 e. The van der Waals surface area contributed by atoms with E-state index in [9.17, 15) is 10.2 Å². The summed E-state index contributed by atoms with van der Waals surface area (Å²) >= 11 is 0. The molecule has 3 unspecified atom stereocenters. The van der Waals surface area contributed by atoms with Gasteiger partial charge in [0.05, 0.1) is 18.5 Å². The molecule has 0 amide bonds. The fourth-order valence-electron chi connectivity index (χ4n) is 1.12. The summed E-state index contributed by atoms with van der Waals surface area (Å²) in [6.45, 7) is -0.627. The van der Waals surface area contributed by atoms with Gasteiger partial charge in [0, 0.05) is 0 Å². The molecule has 0 aliphatic heterocycles. The highest BCUT2D eigenvalue weighted by Crippen LogP contribution is 2.04. The Morgan fingerprint density at radius 3 is 2.41 bits per heavy atom. The fraction of sp³-hybridized carbons (Fsp3) is 0.364. The van der Waals surface area contributed by atoms with Crippen molar-refractivity contribution < 1.29 is 20.4 Å². The highest BCUT2D eigenvalue weighted by molar-refractivity contribution is 5.65. The zero-order valence-electron chi connectivity index (χ0n) is 9.14. The molecule has 0 fully saturated rings. The van der Waals surface area contributed by atoms with Crippen LogP contribution in [-0.2, 0) is 0 Å². The molecular formula is C11H16N2O4. The van der Waals surface area contributed by atoms with E-state index in [4.69, 9.17) is 10.2 Å². The Bertz CT molecular complexity index is 345. The van der Waals surface area contributed by atoms with Gasteiger partial charge in [-0.25, -0.2) is 0 Å². The summed E-state index contributed by atoms with van der Waals surface area (Å²) in [5.74, 6) is 0. The van der Waals surface area contributed by atoms with Crippen molar-refractivity contribution in [3.05, 3.63) is 30.3 Å². The van der Waals surface area contributed by atoms with Gasteiger partial charge in [-0.1, -0.05) is 18.2 Å². The van der Waals surface area contributed by atoms with Crippen molar-refractivity contribution in [2.75, 3.05) is 12.0 Å². The molecule has 1 rings (SSSR count). The number of hydrogen-bond donors (Lipinski definition) is 5. The van der Waals surface area contributed by atoms with Crippen LogP contribution in [0.15, 0.2) is 35.4 Å². The van der Waals surface area contributed by atoms with Crippen molar-refractivity contribution in [3.63, 3.8) is 0 Å². The van der Waals surface area contributed by atoms with E-state index in [1.807, 2.05) is 18.2 Å². The van der Waals surface area contributed by atoms with E-state index in [-0.39, 0.29) is 0 Å². The molecule has 6 nitrogen and oxygen atoms in total. The lowest BCUT2D eigenvalue weighted by Crippen LogP contribution is -2.40. The predicted octanol–water partition coefficient (Wildman–Crippen LogP) is -0.841. The van der Waals surface area contributed by atoms with Gasteiger partial charge in [0.1, 0.15) is 18.3 Å². The number of rotatable bonds is 6. The third kappa shape index (κ3) is 4.49. The maximum Gasteiger partial charge on any atom is 0.119 e. The number of benzene rings is 1. The van der Waals surface area contributed by atoms with E-state index in [0.29, 0.717) is 0 Å². The Balaban J connectivity index is 2.43. The van der Waals surface area contributed by atoms with Crippen molar-refractivity contribution in [3.8, 4) is 0 Å². The zero-order chi connectivity index (χ0) is 12.7. The van der Waals surface area contributed by atoms with Crippen molar-refractivity contribution in [1.29, 1.82) is 0 Å². The van der Waals surface area contributed by atoms with Crippen LogP contribution in [0.5, 0.6) is 0 Å². The molecule has 6 heteroatoms. The molecule has 0 aromatic heterocycles. The van der Waals surface area contributed by atoms with E-state index < -0.39 is 24.9 Å². The summed E-state index contributed by atoms with van der Waals surface area (Å²) in [4.78, 5) is 0. The number of nitrogens with one attached hydrogen (secondary N) is 1. The van der Waals surface area contributed by atoms with Crippen LogP contribution in [0.25, 0.3) is 0 Å². The van der Waals surface area contributed by atoms with Crippen LogP contribution in [0.2, 0.25) is 0 Å².